The van der Waals surface area contributed by atoms with Gasteiger partial charge in [0.1, 0.15) is 10.3 Å². The molecule has 1 fully saturated rings. The van der Waals surface area contributed by atoms with Gasteiger partial charge in [-0.05, 0) is 41.8 Å². The molecule has 15 heteroatoms. The molecule has 1 saturated heterocycles. The summed E-state index contributed by atoms with van der Waals surface area (Å²) in [6.07, 6.45) is 0.0427. The number of amides is 3. The number of rotatable bonds is 9. The molecule has 2 aliphatic heterocycles. The van der Waals surface area contributed by atoms with E-state index in [2.05, 4.69) is 15.3 Å². The number of anilines is 2. The molecular formula is C31H34N6O7S2. The van der Waals surface area contributed by atoms with Crippen molar-refractivity contribution in [2.75, 3.05) is 64.3 Å². The maximum Gasteiger partial charge on any atom is 0.409 e. The average Bonchev–Trinajstić information content (AvgIpc) is 3.77. The number of benzene rings is 2. The number of aromatic nitrogens is 2. The Morgan fingerprint density at radius 2 is 1.85 bits per heavy atom. The molecule has 0 saturated carbocycles. The molecule has 1 spiro atoms. The zero-order valence-electron chi connectivity index (χ0n) is 25.6. The molecule has 2 aromatic heterocycles. The van der Waals surface area contributed by atoms with Crippen LogP contribution in [0.4, 0.5) is 20.4 Å². The quantitative estimate of drug-likeness (QED) is 0.277. The van der Waals surface area contributed by atoms with Gasteiger partial charge in [0.25, 0.3) is 0 Å². The van der Waals surface area contributed by atoms with Crippen LogP contribution < -0.4 is 15.0 Å². The largest absolute Gasteiger partial charge is 0.481 e. The average molecular weight is 667 g/mol. The number of nitrogens with zero attached hydrogens (tertiary/aromatic N) is 5. The first-order valence-electron chi connectivity index (χ1n) is 14.6. The Bertz CT molecular complexity index is 1870. The Kier molecular flexibility index (Phi) is 8.83. The van der Waals surface area contributed by atoms with Crippen LogP contribution in [0.3, 0.4) is 0 Å². The number of hydrogen-bond acceptors (Lipinski definition) is 10. The summed E-state index contributed by atoms with van der Waals surface area (Å²) in [5.74, 6) is 0.441. The lowest BCUT2D eigenvalue weighted by Crippen LogP contribution is -2.41. The van der Waals surface area contributed by atoms with Gasteiger partial charge in [-0.25, -0.2) is 28.0 Å². The number of ether oxygens (including phenoxy) is 3. The van der Waals surface area contributed by atoms with E-state index in [9.17, 15) is 18.0 Å². The predicted molar refractivity (Wildman–Crippen MR) is 173 cm³/mol. The molecule has 4 aromatic rings. The lowest BCUT2D eigenvalue weighted by molar-refractivity contribution is 0.131. The summed E-state index contributed by atoms with van der Waals surface area (Å²) in [4.78, 5) is 39.1. The van der Waals surface area contributed by atoms with Gasteiger partial charge in [-0.1, -0.05) is 41.7 Å². The number of fused-ring (bicyclic) bond motifs is 3. The van der Waals surface area contributed by atoms with Crippen LogP contribution in [0.15, 0.2) is 65.6 Å². The third-order valence-corrected chi connectivity index (χ3v) is 11.1. The molecule has 0 aliphatic carbocycles. The first kappa shape index (κ1) is 31.7. The van der Waals surface area contributed by atoms with Gasteiger partial charge in [-0.15, -0.1) is 0 Å². The lowest BCUT2D eigenvalue weighted by Gasteiger charge is -2.26. The standard InChI is InChI=1S/C31H34N6O7S2/c1-42-16-15-36(18-21-7-5-4-6-8-21)46(40,41)22-9-11-25-23(17-22)31(13-14-35(19-31)30(39)44-3)20-37(25)29(38)34-28-32-24-10-12-26(43-2)33-27(24)45-28/h4-12,17H,13-16,18-20H2,1-3H3,(H,32,34,38). The third-order valence-electron chi connectivity index (χ3n) is 8.36. The van der Waals surface area contributed by atoms with Crippen molar-refractivity contribution in [1.82, 2.24) is 19.2 Å². The van der Waals surface area contributed by atoms with E-state index in [4.69, 9.17) is 14.2 Å². The summed E-state index contributed by atoms with van der Waals surface area (Å²) in [5.41, 5.74) is 2.00. The fourth-order valence-electron chi connectivity index (χ4n) is 6.04. The molecule has 3 amide bonds. The molecule has 4 heterocycles. The highest BCUT2D eigenvalue weighted by atomic mass is 32.2. The summed E-state index contributed by atoms with van der Waals surface area (Å²) in [6, 6.07) is 17.2. The number of pyridine rings is 1. The lowest BCUT2D eigenvalue weighted by atomic mass is 9.81. The summed E-state index contributed by atoms with van der Waals surface area (Å²) in [6.45, 7) is 1.45. The Balaban J connectivity index is 1.35. The number of hydrogen-bond donors (Lipinski definition) is 1. The molecule has 1 atom stereocenters. The number of sulfonamides is 1. The zero-order chi connectivity index (χ0) is 32.5. The second kappa shape index (κ2) is 12.8. The van der Waals surface area contributed by atoms with Crippen molar-refractivity contribution in [1.29, 1.82) is 0 Å². The maximum absolute atomic E-state index is 14.1. The number of thiazole rings is 1. The highest BCUT2D eigenvalue weighted by Gasteiger charge is 2.50. The minimum atomic E-state index is -3.98. The number of methoxy groups -OCH3 is 3. The Morgan fingerprint density at radius 3 is 2.59 bits per heavy atom. The summed E-state index contributed by atoms with van der Waals surface area (Å²) >= 11 is 1.22. The van der Waals surface area contributed by atoms with Gasteiger partial charge in [-0.2, -0.15) is 4.31 Å². The van der Waals surface area contributed by atoms with Gasteiger partial charge in [0.05, 0.1) is 25.7 Å². The van der Waals surface area contributed by atoms with Crippen molar-refractivity contribution >= 4 is 54.7 Å². The SMILES string of the molecule is COCCN(Cc1ccccc1)S(=O)(=O)c1ccc2c(c1)C1(CCN(C(=O)OC)C1)CN2C(=O)Nc1nc2ccc(OC)nc2s1. The summed E-state index contributed by atoms with van der Waals surface area (Å²) in [5, 5.41) is 3.25. The minimum Gasteiger partial charge on any atom is -0.481 e. The van der Waals surface area contributed by atoms with E-state index in [1.54, 1.807) is 34.1 Å². The van der Waals surface area contributed by atoms with Crippen LogP contribution >= 0.6 is 11.3 Å². The molecule has 1 N–H and O–H groups in total. The second-order valence-corrected chi connectivity index (χ2v) is 14.0. The van der Waals surface area contributed by atoms with Gasteiger partial charge in [0, 0.05) is 57.0 Å². The van der Waals surface area contributed by atoms with Crippen LogP contribution in [-0.2, 0) is 31.5 Å². The number of carbonyl (C=O) groups is 2. The summed E-state index contributed by atoms with van der Waals surface area (Å²) in [7, 11) is 0.403. The highest BCUT2D eigenvalue weighted by Crippen LogP contribution is 2.48. The van der Waals surface area contributed by atoms with Gasteiger partial charge < -0.3 is 19.1 Å². The van der Waals surface area contributed by atoms with Gasteiger partial charge in [0.15, 0.2) is 5.13 Å². The van der Waals surface area contributed by atoms with Crippen molar-refractivity contribution in [2.45, 2.75) is 23.3 Å². The maximum atomic E-state index is 14.1. The van der Waals surface area contributed by atoms with E-state index < -0.39 is 27.6 Å². The number of carbonyl (C=O) groups excluding carboxylic acids is 2. The first-order chi connectivity index (χ1) is 22.2. The normalized spacial score (nSPS) is 17.6. The Labute approximate surface area is 270 Å². The molecule has 6 rings (SSSR count). The van der Waals surface area contributed by atoms with Crippen molar-refractivity contribution in [3.8, 4) is 5.88 Å². The zero-order valence-corrected chi connectivity index (χ0v) is 27.3. The van der Waals surface area contributed by atoms with Crippen LogP contribution in [0, 0.1) is 0 Å². The fraction of sp³-hybridized carbons (Fsp3) is 0.355. The molecule has 0 bridgehead atoms. The fourth-order valence-corrected chi connectivity index (χ4v) is 8.29. The van der Waals surface area contributed by atoms with Crippen LogP contribution in [0.25, 0.3) is 10.3 Å². The predicted octanol–water partition coefficient (Wildman–Crippen LogP) is 4.30. The number of urea groups is 1. The monoisotopic (exact) mass is 666 g/mol. The van der Waals surface area contributed by atoms with Gasteiger partial charge in [-0.3, -0.25) is 10.2 Å². The van der Waals surface area contributed by atoms with E-state index in [0.29, 0.717) is 45.6 Å². The molecular weight excluding hydrogens is 633 g/mol. The molecule has 2 aromatic carbocycles. The number of nitrogens with one attached hydrogen (secondary N) is 1. The Hall–Kier alpha value is -4.31. The summed E-state index contributed by atoms with van der Waals surface area (Å²) < 4.78 is 45.1. The highest BCUT2D eigenvalue weighted by molar-refractivity contribution is 7.89. The topological polar surface area (TPSA) is 144 Å². The number of likely N-dealkylation sites (tertiary alicyclic amines) is 1. The van der Waals surface area contributed by atoms with Crippen molar-refractivity contribution in [3.63, 3.8) is 0 Å². The third kappa shape index (κ3) is 5.98. The smallest absolute Gasteiger partial charge is 0.409 e. The Morgan fingerprint density at radius 1 is 1.04 bits per heavy atom. The molecule has 0 radical (unpaired) electrons. The van der Waals surface area contributed by atoms with Crippen molar-refractivity contribution in [2.24, 2.45) is 0 Å². The molecule has 242 valence electrons. The van der Waals surface area contributed by atoms with E-state index in [1.165, 1.54) is 43.0 Å². The first-order valence-corrected chi connectivity index (χ1v) is 16.8. The molecule has 2 aliphatic rings. The van der Waals surface area contributed by atoms with Crippen LogP contribution in [-0.4, -0.2) is 93.8 Å². The minimum absolute atomic E-state index is 0.0997. The van der Waals surface area contributed by atoms with E-state index in [0.717, 1.165) is 5.56 Å². The van der Waals surface area contributed by atoms with Gasteiger partial charge in [0.2, 0.25) is 15.9 Å². The van der Waals surface area contributed by atoms with E-state index in [1.807, 2.05) is 30.3 Å². The van der Waals surface area contributed by atoms with Crippen LogP contribution in [0.2, 0.25) is 0 Å². The van der Waals surface area contributed by atoms with E-state index in [-0.39, 0.29) is 37.7 Å². The van der Waals surface area contributed by atoms with Crippen molar-refractivity contribution in [3.05, 3.63) is 71.8 Å². The van der Waals surface area contributed by atoms with Crippen molar-refractivity contribution < 1.29 is 32.2 Å². The molecule has 13 nitrogen and oxygen atoms in total. The van der Waals surface area contributed by atoms with E-state index >= 15 is 0 Å². The molecule has 46 heavy (non-hydrogen) atoms. The van der Waals surface area contributed by atoms with Crippen LogP contribution in [0.1, 0.15) is 17.5 Å². The van der Waals surface area contributed by atoms with Crippen LogP contribution in [0.5, 0.6) is 5.88 Å². The molecule has 1 unspecified atom stereocenters. The second-order valence-electron chi connectivity index (χ2n) is 11.1. The van der Waals surface area contributed by atoms with Gasteiger partial charge >= 0.3 is 12.1 Å².